The summed E-state index contributed by atoms with van der Waals surface area (Å²) >= 11 is 2.04. The van der Waals surface area contributed by atoms with E-state index in [0.717, 1.165) is 5.75 Å². The minimum atomic E-state index is 0.210. The second kappa shape index (κ2) is 7.35. The molecule has 0 bridgehead atoms. The van der Waals surface area contributed by atoms with Gasteiger partial charge in [-0.25, -0.2) is 0 Å². The molecule has 0 aliphatic heterocycles. The fourth-order valence-electron chi connectivity index (χ4n) is 4.24. The van der Waals surface area contributed by atoms with Crippen LogP contribution in [-0.2, 0) is 5.41 Å². The van der Waals surface area contributed by atoms with E-state index >= 15 is 0 Å². The highest BCUT2D eigenvalue weighted by molar-refractivity contribution is 7.99. The van der Waals surface area contributed by atoms with Gasteiger partial charge in [0.15, 0.2) is 0 Å². The lowest BCUT2D eigenvalue weighted by Gasteiger charge is -2.49. The van der Waals surface area contributed by atoms with E-state index in [1.54, 1.807) is 0 Å². The van der Waals surface area contributed by atoms with Gasteiger partial charge in [0, 0.05) is 16.1 Å². The van der Waals surface area contributed by atoms with Crippen LogP contribution in [0.3, 0.4) is 0 Å². The van der Waals surface area contributed by atoms with Gasteiger partial charge in [-0.15, -0.1) is 11.8 Å². The molecule has 2 aromatic carbocycles. The Kier molecular flexibility index (Phi) is 5.39. The van der Waals surface area contributed by atoms with Crippen molar-refractivity contribution in [3.8, 4) is 0 Å². The SMILES string of the molecule is Cc1ccccc1SCC(C)(c1ccccc1)C1(C)CCCCC1. The molecule has 0 amide bonds. The number of hydrogen-bond donors (Lipinski definition) is 0. The molecule has 0 heterocycles. The second-order valence-electron chi connectivity index (χ2n) is 7.87. The first-order valence-electron chi connectivity index (χ1n) is 9.29. The van der Waals surface area contributed by atoms with Crippen LogP contribution in [0.4, 0.5) is 0 Å². The zero-order valence-corrected chi connectivity index (χ0v) is 16.2. The molecule has 0 spiro atoms. The Bertz CT molecular complexity index is 655. The maximum absolute atomic E-state index is 2.54. The minimum Gasteiger partial charge on any atom is -0.125 e. The van der Waals surface area contributed by atoms with Crippen LogP contribution in [0.25, 0.3) is 0 Å². The molecule has 0 saturated heterocycles. The van der Waals surface area contributed by atoms with Crippen LogP contribution < -0.4 is 0 Å². The van der Waals surface area contributed by atoms with Crippen LogP contribution in [0.15, 0.2) is 59.5 Å². The molecular formula is C23H30S. The fourth-order valence-corrected chi connectivity index (χ4v) is 5.67. The molecule has 0 radical (unpaired) electrons. The summed E-state index contributed by atoms with van der Waals surface area (Å²) in [6.45, 7) is 7.28. The monoisotopic (exact) mass is 338 g/mol. The Morgan fingerprint density at radius 2 is 1.54 bits per heavy atom. The van der Waals surface area contributed by atoms with Gasteiger partial charge < -0.3 is 0 Å². The van der Waals surface area contributed by atoms with Crippen LogP contribution in [-0.4, -0.2) is 5.75 Å². The molecule has 0 aromatic heterocycles. The molecule has 128 valence electrons. The van der Waals surface area contributed by atoms with Gasteiger partial charge in [-0.3, -0.25) is 0 Å². The summed E-state index contributed by atoms with van der Waals surface area (Å²) in [6, 6.07) is 20.0. The molecule has 1 aliphatic rings. The maximum Gasteiger partial charge on any atom is 0.0101 e. The van der Waals surface area contributed by atoms with Gasteiger partial charge in [-0.2, -0.15) is 0 Å². The third-order valence-electron chi connectivity index (χ3n) is 6.31. The van der Waals surface area contributed by atoms with Crippen molar-refractivity contribution in [1.82, 2.24) is 0 Å². The summed E-state index contributed by atoms with van der Waals surface area (Å²) in [6.07, 6.45) is 6.88. The standard InChI is InChI=1S/C23H30S/c1-19-12-8-9-15-21(19)24-18-23(3,20-13-6-4-7-14-20)22(2)16-10-5-11-17-22/h4,6-9,12-15H,5,10-11,16-18H2,1-3H3. The van der Waals surface area contributed by atoms with Crippen molar-refractivity contribution >= 4 is 11.8 Å². The summed E-state index contributed by atoms with van der Waals surface area (Å²) in [4.78, 5) is 1.43. The highest BCUT2D eigenvalue weighted by Gasteiger charge is 2.45. The number of benzene rings is 2. The number of thioether (sulfide) groups is 1. The normalized spacial score (nSPS) is 19.6. The molecule has 1 atom stereocenters. The topological polar surface area (TPSA) is 0 Å². The fraction of sp³-hybridized carbons (Fsp3) is 0.478. The number of rotatable bonds is 5. The second-order valence-corrected chi connectivity index (χ2v) is 8.89. The Morgan fingerprint density at radius 1 is 0.917 bits per heavy atom. The van der Waals surface area contributed by atoms with Gasteiger partial charge in [0.05, 0.1) is 0 Å². The maximum atomic E-state index is 2.54. The zero-order chi connectivity index (χ0) is 17.0. The molecule has 1 fully saturated rings. The van der Waals surface area contributed by atoms with E-state index < -0.39 is 0 Å². The van der Waals surface area contributed by atoms with E-state index in [1.165, 1.54) is 48.1 Å². The summed E-state index contributed by atoms with van der Waals surface area (Å²) < 4.78 is 0. The first-order valence-corrected chi connectivity index (χ1v) is 10.3. The summed E-state index contributed by atoms with van der Waals surface area (Å²) in [5.41, 5.74) is 3.51. The van der Waals surface area contributed by atoms with Gasteiger partial charge in [0.2, 0.25) is 0 Å². The quantitative estimate of drug-likeness (QED) is 0.528. The van der Waals surface area contributed by atoms with Crippen LogP contribution in [0.1, 0.15) is 57.1 Å². The Balaban J connectivity index is 1.92. The van der Waals surface area contributed by atoms with Crippen molar-refractivity contribution in [2.45, 2.75) is 63.2 Å². The van der Waals surface area contributed by atoms with Gasteiger partial charge in [0.25, 0.3) is 0 Å². The van der Waals surface area contributed by atoms with Gasteiger partial charge >= 0.3 is 0 Å². The summed E-state index contributed by atoms with van der Waals surface area (Å²) in [5, 5.41) is 0. The van der Waals surface area contributed by atoms with Crippen LogP contribution >= 0.6 is 11.8 Å². The average Bonchev–Trinajstić information content (AvgIpc) is 2.62. The molecule has 1 heteroatoms. The lowest BCUT2D eigenvalue weighted by atomic mass is 9.57. The first-order chi connectivity index (χ1) is 11.6. The zero-order valence-electron chi connectivity index (χ0n) is 15.3. The highest BCUT2D eigenvalue weighted by atomic mass is 32.2. The van der Waals surface area contributed by atoms with Crippen molar-refractivity contribution in [1.29, 1.82) is 0 Å². The van der Waals surface area contributed by atoms with Crippen LogP contribution in [0.2, 0.25) is 0 Å². The molecule has 1 unspecified atom stereocenters. The van der Waals surface area contributed by atoms with Gasteiger partial charge in [-0.05, 0) is 42.4 Å². The molecule has 2 aromatic rings. The molecule has 0 N–H and O–H groups in total. The van der Waals surface area contributed by atoms with E-state index in [2.05, 4.69) is 75.4 Å². The smallest absolute Gasteiger partial charge is 0.0101 e. The van der Waals surface area contributed by atoms with E-state index in [4.69, 9.17) is 0 Å². The Hall–Kier alpha value is -1.21. The molecule has 3 rings (SSSR count). The molecule has 24 heavy (non-hydrogen) atoms. The predicted octanol–water partition coefficient (Wildman–Crippen LogP) is 7.02. The van der Waals surface area contributed by atoms with E-state index in [1.807, 2.05) is 11.8 Å². The Morgan fingerprint density at radius 3 is 2.21 bits per heavy atom. The third kappa shape index (κ3) is 3.42. The highest BCUT2D eigenvalue weighted by Crippen LogP contribution is 2.53. The van der Waals surface area contributed by atoms with Crippen LogP contribution in [0, 0.1) is 12.3 Å². The minimum absolute atomic E-state index is 0.210. The average molecular weight is 339 g/mol. The van der Waals surface area contributed by atoms with E-state index in [0.29, 0.717) is 5.41 Å². The third-order valence-corrected chi connectivity index (χ3v) is 7.80. The van der Waals surface area contributed by atoms with Crippen molar-refractivity contribution in [3.63, 3.8) is 0 Å². The lowest BCUT2D eigenvalue weighted by Crippen LogP contribution is -2.45. The summed E-state index contributed by atoms with van der Waals surface area (Å²) in [7, 11) is 0. The van der Waals surface area contributed by atoms with Gasteiger partial charge in [-0.1, -0.05) is 81.6 Å². The van der Waals surface area contributed by atoms with Crippen LogP contribution in [0.5, 0.6) is 0 Å². The largest absolute Gasteiger partial charge is 0.125 e. The number of aryl methyl sites for hydroxylation is 1. The lowest BCUT2D eigenvalue weighted by molar-refractivity contribution is 0.111. The van der Waals surface area contributed by atoms with Crippen molar-refractivity contribution in [2.24, 2.45) is 5.41 Å². The van der Waals surface area contributed by atoms with Crippen molar-refractivity contribution in [3.05, 3.63) is 65.7 Å². The van der Waals surface area contributed by atoms with E-state index in [9.17, 15) is 0 Å². The molecule has 0 nitrogen and oxygen atoms in total. The number of hydrogen-bond acceptors (Lipinski definition) is 1. The van der Waals surface area contributed by atoms with Crippen molar-refractivity contribution in [2.75, 3.05) is 5.75 Å². The van der Waals surface area contributed by atoms with E-state index in [-0.39, 0.29) is 5.41 Å². The van der Waals surface area contributed by atoms with Crippen molar-refractivity contribution < 1.29 is 0 Å². The van der Waals surface area contributed by atoms with Gasteiger partial charge in [0.1, 0.15) is 0 Å². The molecular weight excluding hydrogens is 308 g/mol. The summed E-state index contributed by atoms with van der Waals surface area (Å²) in [5.74, 6) is 1.15. The predicted molar refractivity (Wildman–Crippen MR) is 107 cm³/mol. The molecule has 1 aliphatic carbocycles. The Labute approximate surface area is 152 Å². The molecule has 1 saturated carbocycles. The first kappa shape index (κ1) is 17.6.